The van der Waals surface area contributed by atoms with E-state index in [0.29, 0.717) is 0 Å². The standard InChI is InChI=1S/C26H37Cl/c1-4-7-20-8-10-21(11-9-20)16-24-18-23(14-15-26(24)27)25-17-19(5-2)12-13-22(25)6-3/h8,10-11,14-15,18-20,22,25H,4-7,9,12-13,16-17H2,1-3H3. The molecule has 2 aliphatic carbocycles. The van der Waals surface area contributed by atoms with Gasteiger partial charge >= 0.3 is 0 Å². The fourth-order valence-corrected chi connectivity index (χ4v) is 5.38. The lowest BCUT2D eigenvalue weighted by molar-refractivity contribution is 0.226. The molecule has 27 heavy (non-hydrogen) atoms. The first kappa shape index (κ1) is 20.7. The van der Waals surface area contributed by atoms with Gasteiger partial charge in [0.1, 0.15) is 0 Å². The molecule has 1 aromatic carbocycles. The van der Waals surface area contributed by atoms with Crippen molar-refractivity contribution >= 4 is 11.6 Å². The van der Waals surface area contributed by atoms with Crippen LogP contribution in [-0.2, 0) is 6.42 Å². The van der Waals surface area contributed by atoms with Gasteiger partial charge in [-0.1, -0.05) is 88.4 Å². The van der Waals surface area contributed by atoms with Crippen molar-refractivity contribution in [2.24, 2.45) is 17.8 Å². The highest BCUT2D eigenvalue weighted by atomic mass is 35.5. The predicted octanol–water partition coefficient (Wildman–Crippen LogP) is 8.51. The van der Waals surface area contributed by atoms with Crippen LogP contribution in [0.5, 0.6) is 0 Å². The fraction of sp³-hybridized carbons (Fsp3) is 0.615. The van der Waals surface area contributed by atoms with Crippen LogP contribution in [0.2, 0.25) is 5.02 Å². The molecular weight excluding hydrogens is 348 g/mol. The van der Waals surface area contributed by atoms with Crippen LogP contribution in [0, 0.1) is 17.8 Å². The third-order valence-corrected chi connectivity index (χ3v) is 7.39. The van der Waals surface area contributed by atoms with Crippen LogP contribution >= 0.6 is 11.6 Å². The van der Waals surface area contributed by atoms with E-state index in [1.807, 2.05) is 0 Å². The second-order valence-electron chi connectivity index (χ2n) is 8.81. The quantitative estimate of drug-likeness (QED) is 0.441. The van der Waals surface area contributed by atoms with E-state index < -0.39 is 0 Å². The first-order chi connectivity index (χ1) is 13.1. The van der Waals surface area contributed by atoms with E-state index in [2.05, 4.69) is 57.2 Å². The molecule has 0 radical (unpaired) electrons. The summed E-state index contributed by atoms with van der Waals surface area (Å²) in [6, 6.07) is 6.89. The second-order valence-corrected chi connectivity index (χ2v) is 9.22. The lowest BCUT2D eigenvalue weighted by atomic mass is 9.69. The molecule has 1 fully saturated rings. The van der Waals surface area contributed by atoms with Crippen LogP contribution in [-0.4, -0.2) is 0 Å². The number of hydrogen-bond donors (Lipinski definition) is 0. The average Bonchev–Trinajstić information content (AvgIpc) is 2.71. The molecule has 0 amide bonds. The van der Waals surface area contributed by atoms with Crippen molar-refractivity contribution in [3.8, 4) is 0 Å². The lowest BCUT2D eigenvalue weighted by Crippen LogP contribution is -2.23. The Balaban J connectivity index is 1.75. The molecule has 0 heterocycles. The van der Waals surface area contributed by atoms with Crippen LogP contribution < -0.4 is 0 Å². The summed E-state index contributed by atoms with van der Waals surface area (Å²) < 4.78 is 0. The molecule has 1 saturated carbocycles. The maximum Gasteiger partial charge on any atom is 0.0441 e. The molecule has 0 aromatic heterocycles. The summed E-state index contributed by atoms with van der Waals surface area (Å²) in [5, 5.41) is 0.930. The minimum Gasteiger partial charge on any atom is -0.0840 e. The molecular formula is C26H37Cl. The Morgan fingerprint density at radius 2 is 1.93 bits per heavy atom. The van der Waals surface area contributed by atoms with E-state index in [4.69, 9.17) is 11.6 Å². The van der Waals surface area contributed by atoms with Crippen LogP contribution in [0.1, 0.15) is 89.2 Å². The molecule has 0 N–H and O–H groups in total. The zero-order valence-electron chi connectivity index (χ0n) is 17.5. The molecule has 148 valence electrons. The molecule has 2 aliphatic rings. The van der Waals surface area contributed by atoms with Crippen LogP contribution in [0.25, 0.3) is 0 Å². The molecule has 0 aliphatic heterocycles. The van der Waals surface area contributed by atoms with Crippen molar-refractivity contribution in [1.29, 1.82) is 0 Å². The summed E-state index contributed by atoms with van der Waals surface area (Å²) in [5.41, 5.74) is 4.28. The third kappa shape index (κ3) is 5.29. The molecule has 4 atom stereocenters. The molecule has 0 nitrogen and oxygen atoms in total. The minimum absolute atomic E-state index is 0.717. The van der Waals surface area contributed by atoms with Gasteiger partial charge in [-0.25, -0.2) is 0 Å². The smallest absolute Gasteiger partial charge is 0.0441 e. The molecule has 4 unspecified atom stereocenters. The summed E-state index contributed by atoms with van der Waals surface area (Å²) in [6.07, 6.45) is 18.7. The van der Waals surface area contributed by atoms with Crippen molar-refractivity contribution in [3.05, 3.63) is 58.1 Å². The van der Waals surface area contributed by atoms with Crippen LogP contribution in [0.3, 0.4) is 0 Å². The molecule has 1 heteroatoms. The van der Waals surface area contributed by atoms with E-state index in [1.54, 1.807) is 0 Å². The summed E-state index contributed by atoms with van der Waals surface area (Å²) in [4.78, 5) is 0. The Hall–Kier alpha value is -1.01. The first-order valence-electron chi connectivity index (χ1n) is 11.3. The monoisotopic (exact) mass is 384 g/mol. The molecule has 1 aromatic rings. The molecule has 0 spiro atoms. The van der Waals surface area contributed by atoms with E-state index in [-0.39, 0.29) is 0 Å². The van der Waals surface area contributed by atoms with Gasteiger partial charge in [0.2, 0.25) is 0 Å². The van der Waals surface area contributed by atoms with Gasteiger partial charge in [0.05, 0.1) is 0 Å². The number of rotatable bonds is 7. The second kappa shape index (κ2) is 9.97. The van der Waals surface area contributed by atoms with Gasteiger partial charge in [-0.05, 0) is 78.5 Å². The van der Waals surface area contributed by atoms with Gasteiger partial charge in [0, 0.05) is 5.02 Å². The zero-order chi connectivity index (χ0) is 19.2. The lowest BCUT2D eigenvalue weighted by Gasteiger charge is -2.36. The molecule has 0 bridgehead atoms. The number of benzene rings is 1. The summed E-state index contributed by atoms with van der Waals surface area (Å²) in [6.45, 7) is 7.00. The van der Waals surface area contributed by atoms with Crippen molar-refractivity contribution < 1.29 is 0 Å². The van der Waals surface area contributed by atoms with Crippen LogP contribution in [0.4, 0.5) is 0 Å². The maximum absolute atomic E-state index is 6.61. The summed E-state index contributed by atoms with van der Waals surface area (Å²) in [5.74, 6) is 3.19. The zero-order valence-corrected chi connectivity index (χ0v) is 18.3. The number of halogens is 1. The highest BCUT2D eigenvalue weighted by Crippen LogP contribution is 2.44. The van der Waals surface area contributed by atoms with Crippen molar-refractivity contribution in [2.45, 2.75) is 84.5 Å². The first-order valence-corrected chi connectivity index (χ1v) is 11.7. The van der Waals surface area contributed by atoms with E-state index in [9.17, 15) is 0 Å². The minimum atomic E-state index is 0.717. The molecule has 0 saturated heterocycles. The van der Waals surface area contributed by atoms with Gasteiger partial charge in [0.15, 0.2) is 0 Å². The number of allylic oxidation sites excluding steroid dienone is 4. The molecule has 3 rings (SSSR count). The Kier molecular flexibility index (Phi) is 7.65. The highest BCUT2D eigenvalue weighted by Gasteiger charge is 2.30. The van der Waals surface area contributed by atoms with Crippen molar-refractivity contribution in [3.63, 3.8) is 0 Å². The largest absolute Gasteiger partial charge is 0.0840 e. The van der Waals surface area contributed by atoms with Gasteiger partial charge in [-0.15, -0.1) is 0 Å². The normalized spacial score (nSPS) is 28.2. The Bertz CT molecular complexity index is 669. The van der Waals surface area contributed by atoms with Crippen molar-refractivity contribution in [1.82, 2.24) is 0 Å². The van der Waals surface area contributed by atoms with Gasteiger partial charge in [-0.3, -0.25) is 0 Å². The van der Waals surface area contributed by atoms with E-state index >= 15 is 0 Å². The van der Waals surface area contributed by atoms with E-state index in [1.165, 1.54) is 68.1 Å². The third-order valence-electron chi connectivity index (χ3n) is 7.02. The number of hydrogen-bond acceptors (Lipinski definition) is 0. The fourth-order valence-electron chi connectivity index (χ4n) is 5.19. The van der Waals surface area contributed by atoms with Crippen LogP contribution in [0.15, 0.2) is 42.0 Å². The predicted molar refractivity (Wildman–Crippen MR) is 120 cm³/mol. The Morgan fingerprint density at radius 3 is 2.59 bits per heavy atom. The van der Waals surface area contributed by atoms with Gasteiger partial charge in [0.25, 0.3) is 0 Å². The van der Waals surface area contributed by atoms with Gasteiger partial charge in [-0.2, -0.15) is 0 Å². The maximum atomic E-state index is 6.61. The topological polar surface area (TPSA) is 0 Å². The SMILES string of the molecule is CCCC1C=CC(Cc2cc(C3CC(CC)CCC3CC)ccc2Cl)=CC1. The average molecular weight is 385 g/mol. The summed E-state index contributed by atoms with van der Waals surface area (Å²) >= 11 is 6.61. The highest BCUT2D eigenvalue weighted by molar-refractivity contribution is 6.31. The van der Waals surface area contributed by atoms with E-state index in [0.717, 1.165) is 35.1 Å². The van der Waals surface area contributed by atoms with Crippen molar-refractivity contribution in [2.75, 3.05) is 0 Å². The summed E-state index contributed by atoms with van der Waals surface area (Å²) in [7, 11) is 0. The Labute approximate surface area is 172 Å². The van der Waals surface area contributed by atoms with Gasteiger partial charge < -0.3 is 0 Å². The Morgan fingerprint density at radius 1 is 1.07 bits per heavy atom.